The SMILES string of the molecule is O=c1[nH]c(N2CCN(c3ccccc3)CC2)nc2ccccc12. The summed E-state index contributed by atoms with van der Waals surface area (Å²) in [5.41, 5.74) is 1.92. The Hall–Kier alpha value is -2.82. The van der Waals surface area contributed by atoms with Crippen molar-refractivity contribution in [1.29, 1.82) is 0 Å². The van der Waals surface area contributed by atoms with Crippen molar-refractivity contribution < 1.29 is 0 Å². The number of rotatable bonds is 2. The largest absolute Gasteiger partial charge is 0.368 e. The van der Waals surface area contributed by atoms with Crippen molar-refractivity contribution in [2.45, 2.75) is 0 Å². The molecule has 0 unspecified atom stereocenters. The summed E-state index contributed by atoms with van der Waals surface area (Å²) in [4.78, 5) is 24.2. The van der Waals surface area contributed by atoms with Crippen LogP contribution in [-0.4, -0.2) is 36.1 Å². The lowest BCUT2D eigenvalue weighted by atomic mass is 10.2. The Kier molecular flexibility index (Phi) is 3.46. The van der Waals surface area contributed by atoms with E-state index in [9.17, 15) is 4.79 Å². The van der Waals surface area contributed by atoms with E-state index in [0.29, 0.717) is 11.3 Å². The van der Waals surface area contributed by atoms with Crippen LogP contribution >= 0.6 is 0 Å². The van der Waals surface area contributed by atoms with Crippen molar-refractivity contribution >= 4 is 22.5 Å². The number of fused-ring (bicyclic) bond motifs is 1. The third-order valence-corrected chi connectivity index (χ3v) is 4.30. The number of hydrogen-bond donors (Lipinski definition) is 1. The molecule has 0 bridgehead atoms. The van der Waals surface area contributed by atoms with Crippen molar-refractivity contribution in [3.8, 4) is 0 Å². The zero-order chi connectivity index (χ0) is 15.6. The van der Waals surface area contributed by atoms with Gasteiger partial charge in [0.25, 0.3) is 5.56 Å². The molecule has 0 saturated carbocycles. The quantitative estimate of drug-likeness (QED) is 0.789. The van der Waals surface area contributed by atoms with Gasteiger partial charge in [-0.3, -0.25) is 9.78 Å². The van der Waals surface area contributed by atoms with Gasteiger partial charge in [-0.1, -0.05) is 30.3 Å². The lowest BCUT2D eigenvalue weighted by Crippen LogP contribution is -2.47. The molecule has 5 nitrogen and oxygen atoms in total. The molecule has 0 radical (unpaired) electrons. The topological polar surface area (TPSA) is 52.2 Å². The first kappa shape index (κ1) is 13.8. The highest BCUT2D eigenvalue weighted by molar-refractivity contribution is 5.78. The fraction of sp³-hybridized carbons (Fsp3) is 0.222. The van der Waals surface area contributed by atoms with E-state index >= 15 is 0 Å². The van der Waals surface area contributed by atoms with E-state index in [-0.39, 0.29) is 5.56 Å². The van der Waals surface area contributed by atoms with Gasteiger partial charge in [0.2, 0.25) is 5.95 Å². The Balaban J connectivity index is 1.56. The van der Waals surface area contributed by atoms with Crippen LogP contribution in [0.25, 0.3) is 10.9 Å². The van der Waals surface area contributed by atoms with Gasteiger partial charge in [0.05, 0.1) is 10.9 Å². The van der Waals surface area contributed by atoms with Gasteiger partial charge in [-0.15, -0.1) is 0 Å². The van der Waals surface area contributed by atoms with E-state index in [1.165, 1.54) is 5.69 Å². The molecule has 1 aromatic heterocycles. The van der Waals surface area contributed by atoms with E-state index in [4.69, 9.17) is 0 Å². The van der Waals surface area contributed by atoms with E-state index in [1.54, 1.807) is 6.07 Å². The monoisotopic (exact) mass is 306 g/mol. The number of anilines is 2. The molecule has 0 amide bonds. The molecule has 1 aliphatic heterocycles. The molecular formula is C18H18N4O. The highest BCUT2D eigenvalue weighted by Crippen LogP contribution is 2.18. The normalized spacial score (nSPS) is 15.1. The molecule has 2 heterocycles. The van der Waals surface area contributed by atoms with Crippen LogP contribution in [0.1, 0.15) is 0 Å². The highest BCUT2D eigenvalue weighted by Gasteiger charge is 2.19. The van der Waals surface area contributed by atoms with Crippen molar-refractivity contribution in [2.75, 3.05) is 36.0 Å². The fourth-order valence-corrected chi connectivity index (χ4v) is 3.04. The third kappa shape index (κ3) is 2.65. The zero-order valence-corrected chi connectivity index (χ0v) is 12.8. The number of aromatic nitrogens is 2. The number of piperazine rings is 1. The number of nitrogens with zero attached hydrogens (tertiary/aromatic N) is 3. The summed E-state index contributed by atoms with van der Waals surface area (Å²) in [5.74, 6) is 0.668. The molecule has 0 atom stereocenters. The van der Waals surface area contributed by atoms with Crippen LogP contribution in [0.3, 0.4) is 0 Å². The highest BCUT2D eigenvalue weighted by atomic mass is 16.1. The molecule has 1 fully saturated rings. The van der Waals surface area contributed by atoms with Gasteiger partial charge in [-0.25, -0.2) is 4.98 Å². The minimum absolute atomic E-state index is 0.0731. The summed E-state index contributed by atoms with van der Waals surface area (Å²) in [5, 5.41) is 0.638. The third-order valence-electron chi connectivity index (χ3n) is 4.30. The molecule has 5 heteroatoms. The molecule has 1 aliphatic rings. The van der Waals surface area contributed by atoms with Gasteiger partial charge < -0.3 is 9.80 Å². The Bertz CT molecular complexity index is 867. The number of para-hydroxylation sites is 2. The lowest BCUT2D eigenvalue weighted by molar-refractivity contribution is 0.640. The van der Waals surface area contributed by atoms with Gasteiger partial charge in [-0.05, 0) is 24.3 Å². The smallest absolute Gasteiger partial charge is 0.260 e. The maximum atomic E-state index is 12.2. The number of benzene rings is 2. The first-order valence-electron chi connectivity index (χ1n) is 7.85. The van der Waals surface area contributed by atoms with Gasteiger partial charge in [-0.2, -0.15) is 0 Å². The minimum atomic E-state index is -0.0731. The van der Waals surface area contributed by atoms with Crippen molar-refractivity contribution in [2.24, 2.45) is 0 Å². The molecule has 23 heavy (non-hydrogen) atoms. The Morgan fingerprint density at radius 3 is 2.26 bits per heavy atom. The van der Waals surface area contributed by atoms with Crippen LogP contribution in [0.5, 0.6) is 0 Å². The summed E-state index contributed by atoms with van der Waals surface area (Å²) in [7, 11) is 0. The Morgan fingerprint density at radius 2 is 1.48 bits per heavy atom. The number of hydrogen-bond acceptors (Lipinski definition) is 4. The van der Waals surface area contributed by atoms with Crippen molar-refractivity contribution in [3.05, 3.63) is 65.0 Å². The summed E-state index contributed by atoms with van der Waals surface area (Å²) in [6.45, 7) is 3.52. The summed E-state index contributed by atoms with van der Waals surface area (Å²) in [6, 6.07) is 17.9. The van der Waals surface area contributed by atoms with E-state index < -0.39 is 0 Å². The average molecular weight is 306 g/mol. The predicted molar refractivity (Wildman–Crippen MR) is 93.2 cm³/mol. The van der Waals surface area contributed by atoms with Crippen LogP contribution in [-0.2, 0) is 0 Å². The van der Waals surface area contributed by atoms with Crippen LogP contribution in [0.2, 0.25) is 0 Å². The van der Waals surface area contributed by atoms with Crippen LogP contribution < -0.4 is 15.4 Å². The predicted octanol–water partition coefficient (Wildman–Crippen LogP) is 2.25. The second kappa shape index (κ2) is 5.76. The first-order chi connectivity index (χ1) is 11.3. The first-order valence-corrected chi connectivity index (χ1v) is 7.85. The van der Waals surface area contributed by atoms with Gasteiger partial charge >= 0.3 is 0 Å². The Labute approximate surface area is 134 Å². The molecular weight excluding hydrogens is 288 g/mol. The molecule has 116 valence electrons. The number of aromatic amines is 1. The van der Waals surface area contributed by atoms with Crippen LogP contribution in [0.4, 0.5) is 11.6 Å². The molecule has 1 N–H and O–H groups in total. The van der Waals surface area contributed by atoms with Crippen molar-refractivity contribution in [3.63, 3.8) is 0 Å². The van der Waals surface area contributed by atoms with Gasteiger partial charge in [0, 0.05) is 31.9 Å². The molecule has 2 aromatic carbocycles. The summed E-state index contributed by atoms with van der Waals surface area (Å²) >= 11 is 0. The van der Waals surface area contributed by atoms with Crippen molar-refractivity contribution in [1.82, 2.24) is 9.97 Å². The molecule has 4 rings (SSSR count). The van der Waals surface area contributed by atoms with E-state index in [1.807, 2.05) is 24.3 Å². The fourth-order valence-electron chi connectivity index (χ4n) is 3.04. The van der Waals surface area contributed by atoms with Gasteiger partial charge in [0.15, 0.2) is 0 Å². The second-order valence-electron chi connectivity index (χ2n) is 5.72. The van der Waals surface area contributed by atoms with E-state index in [2.05, 4.69) is 44.0 Å². The number of nitrogens with one attached hydrogen (secondary N) is 1. The molecule has 0 spiro atoms. The summed E-state index contributed by atoms with van der Waals surface area (Å²) < 4.78 is 0. The molecule has 1 saturated heterocycles. The maximum absolute atomic E-state index is 12.2. The van der Waals surface area contributed by atoms with E-state index in [0.717, 1.165) is 31.7 Å². The van der Waals surface area contributed by atoms with Gasteiger partial charge in [0.1, 0.15) is 0 Å². The lowest BCUT2D eigenvalue weighted by Gasteiger charge is -2.36. The van der Waals surface area contributed by atoms with Crippen LogP contribution in [0, 0.1) is 0 Å². The zero-order valence-electron chi connectivity index (χ0n) is 12.8. The molecule has 0 aliphatic carbocycles. The molecule has 3 aromatic rings. The Morgan fingerprint density at radius 1 is 0.826 bits per heavy atom. The second-order valence-corrected chi connectivity index (χ2v) is 5.72. The standard InChI is InChI=1S/C18H18N4O/c23-17-15-8-4-5-9-16(15)19-18(20-17)22-12-10-21(11-13-22)14-6-2-1-3-7-14/h1-9H,10-13H2,(H,19,20,23). The number of H-pyrrole nitrogens is 1. The minimum Gasteiger partial charge on any atom is -0.368 e. The average Bonchev–Trinajstić information content (AvgIpc) is 2.63. The maximum Gasteiger partial charge on any atom is 0.260 e. The van der Waals surface area contributed by atoms with Crippen LogP contribution in [0.15, 0.2) is 59.4 Å². The summed E-state index contributed by atoms with van der Waals surface area (Å²) in [6.07, 6.45) is 0.